The largest absolute Gasteiger partial charge is 0.335 e. The molecule has 0 amide bonds. The molecule has 1 aromatic heterocycles. The summed E-state index contributed by atoms with van der Waals surface area (Å²) in [5.41, 5.74) is 2.84. The summed E-state index contributed by atoms with van der Waals surface area (Å²) in [5.74, 6) is 7.11. The minimum atomic E-state index is 0.294. The van der Waals surface area contributed by atoms with Gasteiger partial charge in [-0.05, 0) is 12.8 Å². The van der Waals surface area contributed by atoms with Crippen LogP contribution in [0, 0.1) is 5.92 Å². The van der Waals surface area contributed by atoms with Gasteiger partial charge >= 0.3 is 0 Å². The van der Waals surface area contributed by atoms with Crippen LogP contribution in [0.15, 0.2) is 12.4 Å². The van der Waals surface area contributed by atoms with Gasteiger partial charge in [0.05, 0.1) is 0 Å². The Kier molecular flexibility index (Phi) is 4.10. The van der Waals surface area contributed by atoms with Gasteiger partial charge in [0.15, 0.2) is 0 Å². The van der Waals surface area contributed by atoms with Crippen LogP contribution in [0.2, 0.25) is 0 Å². The quantitative estimate of drug-likeness (QED) is 0.544. The van der Waals surface area contributed by atoms with Crippen LogP contribution in [0.25, 0.3) is 0 Å². The van der Waals surface area contributed by atoms with Crippen molar-refractivity contribution >= 4 is 0 Å². The van der Waals surface area contributed by atoms with Gasteiger partial charge in [-0.2, -0.15) is 0 Å². The summed E-state index contributed by atoms with van der Waals surface area (Å²) in [5, 5.41) is 0. The zero-order valence-electron chi connectivity index (χ0n) is 9.20. The molecule has 80 valence electrons. The SMILES string of the molecule is CCn1ccnc1CC(NN)C(C)C. The molecule has 1 unspecified atom stereocenters. The Balaban J connectivity index is 2.66. The molecule has 4 nitrogen and oxygen atoms in total. The van der Waals surface area contributed by atoms with E-state index in [1.54, 1.807) is 0 Å². The van der Waals surface area contributed by atoms with Crippen LogP contribution in [0.4, 0.5) is 0 Å². The van der Waals surface area contributed by atoms with Crippen LogP contribution < -0.4 is 11.3 Å². The zero-order valence-corrected chi connectivity index (χ0v) is 9.20. The Morgan fingerprint density at radius 1 is 1.57 bits per heavy atom. The third-order valence-electron chi connectivity index (χ3n) is 2.56. The molecule has 0 fully saturated rings. The molecule has 4 heteroatoms. The van der Waals surface area contributed by atoms with E-state index in [4.69, 9.17) is 5.84 Å². The van der Waals surface area contributed by atoms with E-state index >= 15 is 0 Å². The Morgan fingerprint density at radius 3 is 2.79 bits per heavy atom. The third kappa shape index (κ3) is 2.56. The van der Waals surface area contributed by atoms with Gasteiger partial charge in [0.2, 0.25) is 0 Å². The average Bonchev–Trinajstić information content (AvgIpc) is 2.60. The Bertz CT molecular complexity index is 267. The summed E-state index contributed by atoms with van der Waals surface area (Å²) in [6, 6.07) is 0.294. The fraction of sp³-hybridized carbons (Fsp3) is 0.700. The molecule has 0 spiro atoms. The summed E-state index contributed by atoms with van der Waals surface area (Å²) in [4.78, 5) is 4.32. The molecular formula is C10H20N4. The van der Waals surface area contributed by atoms with E-state index in [9.17, 15) is 0 Å². The number of aromatic nitrogens is 2. The number of hydrogen-bond acceptors (Lipinski definition) is 3. The summed E-state index contributed by atoms with van der Waals surface area (Å²) in [6.45, 7) is 7.39. The fourth-order valence-electron chi connectivity index (χ4n) is 1.50. The van der Waals surface area contributed by atoms with Gasteiger partial charge in [0.1, 0.15) is 5.82 Å². The van der Waals surface area contributed by atoms with E-state index < -0.39 is 0 Å². The summed E-state index contributed by atoms with van der Waals surface area (Å²) < 4.78 is 2.15. The standard InChI is InChI=1S/C10H20N4/c1-4-14-6-5-12-10(14)7-9(13-11)8(2)3/h5-6,8-9,13H,4,7,11H2,1-3H3. The number of hydrogen-bond donors (Lipinski definition) is 2. The minimum Gasteiger partial charge on any atom is -0.335 e. The second kappa shape index (κ2) is 5.12. The fourth-order valence-corrected chi connectivity index (χ4v) is 1.50. The highest BCUT2D eigenvalue weighted by Gasteiger charge is 2.14. The van der Waals surface area contributed by atoms with Crippen LogP contribution in [0.1, 0.15) is 26.6 Å². The van der Waals surface area contributed by atoms with Gasteiger partial charge in [-0.3, -0.25) is 11.3 Å². The molecule has 0 bridgehead atoms. The van der Waals surface area contributed by atoms with Crippen molar-refractivity contribution in [2.75, 3.05) is 0 Å². The number of nitrogens with one attached hydrogen (secondary N) is 1. The first kappa shape index (κ1) is 11.2. The molecule has 1 rings (SSSR count). The van der Waals surface area contributed by atoms with Gasteiger partial charge in [0, 0.05) is 31.4 Å². The molecule has 0 aliphatic rings. The maximum Gasteiger partial charge on any atom is 0.110 e. The van der Waals surface area contributed by atoms with E-state index in [0.717, 1.165) is 18.8 Å². The van der Waals surface area contributed by atoms with Crippen molar-refractivity contribution in [1.82, 2.24) is 15.0 Å². The number of aryl methyl sites for hydroxylation is 1. The summed E-state index contributed by atoms with van der Waals surface area (Å²) in [6.07, 6.45) is 4.73. The molecule has 0 aromatic carbocycles. The van der Waals surface area contributed by atoms with Crippen molar-refractivity contribution < 1.29 is 0 Å². The molecule has 0 aliphatic heterocycles. The lowest BCUT2D eigenvalue weighted by atomic mass is 10.0. The Hall–Kier alpha value is -0.870. The number of hydrazine groups is 1. The topological polar surface area (TPSA) is 55.9 Å². The summed E-state index contributed by atoms with van der Waals surface area (Å²) in [7, 11) is 0. The molecule has 1 heterocycles. The van der Waals surface area contributed by atoms with Crippen molar-refractivity contribution in [2.24, 2.45) is 11.8 Å². The predicted molar refractivity (Wildman–Crippen MR) is 57.6 cm³/mol. The number of nitrogens with zero attached hydrogens (tertiary/aromatic N) is 2. The first-order chi connectivity index (χ1) is 6.69. The molecule has 1 aromatic rings. The maximum absolute atomic E-state index is 5.49. The van der Waals surface area contributed by atoms with Crippen LogP contribution >= 0.6 is 0 Å². The molecule has 14 heavy (non-hydrogen) atoms. The van der Waals surface area contributed by atoms with E-state index in [0.29, 0.717) is 12.0 Å². The van der Waals surface area contributed by atoms with Gasteiger partial charge in [-0.25, -0.2) is 4.98 Å². The van der Waals surface area contributed by atoms with Crippen LogP contribution in [-0.4, -0.2) is 15.6 Å². The predicted octanol–water partition coefficient (Wildman–Crippen LogP) is 0.933. The third-order valence-corrected chi connectivity index (χ3v) is 2.56. The van der Waals surface area contributed by atoms with Crippen LogP contribution in [0.3, 0.4) is 0 Å². The average molecular weight is 196 g/mol. The van der Waals surface area contributed by atoms with Crippen molar-refractivity contribution in [2.45, 2.75) is 39.8 Å². The maximum atomic E-state index is 5.49. The molecule has 0 saturated heterocycles. The first-order valence-electron chi connectivity index (χ1n) is 5.15. The highest BCUT2D eigenvalue weighted by molar-refractivity contribution is 4.95. The molecule has 0 saturated carbocycles. The minimum absolute atomic E-state index is 0.294. The van der Waals surface area contributed by atoms with Crippen molar-refractivity contribution in [3.05, 3.63) is 18.2 Å². The second-order valence-electron chi connectivity index (χ2n) is 3.85. The molecule has 0 radical (unpaired) electrons. The normalized spacial score (nSPS) is 13.5. The lowest BCUT2D eigenvalue weighted by Crippen LogP contribution is -2.41. The van der Waals surface area contributed by atoms with Crippen LogP contribution in [0.5, 0.6) is 0 Å². The highest BCUT2D eigenvalue weighted by atomic mass is 15.2. The smallest absolute Gasteiger partial charge is 0.110 e. The Labute approximate surface area is 85.5 Å². The lowest BCUT2D eigenvalue weighted by molar-refractivity contribution is 0.393. The van der Waals surface area contributed by atoms with Crippen molar-refractivity contribution in [3.8, 4) is 0 Å². The molecule has 3 N–H and O–H groups in total. The number of rotatable bonds is 5. The molecule has 0 aliphatic carbocycles. The monoisotopic (exact) mass is 196 g/mol. The number of nitrogens with two attached hydrogens (primary N) is 1. The number of imidazole rings is 1. The van der Waals surface area contributed by atoms with Crippen molar-refractivity contribution in [1.29, 1.82) is 0 Å². The molecular weight excluding hydrogens is 176 g/mol. The second-order valence-corrected chi connectivity index (χ2v) is 3.85. The van der Waals surface area contributed by atoms with E-state index in [-0.39, 0.29) is 0 Å². The van der Waals surface area contributed by atoms with Gasteiger partial charge < -0.3 is 4.57 Å². The van der Waals surface area contributed by atoms with Crippen molar-refractivity contribution in [3.63, 3.8) is 0 Å². The van der Waals surface area contributed by atoms with E-state index in [1.807, 2.05) is 12.4 Å². The highest BCUT2D eigenvalue weighted by Crippen LogP contribution is 2.08. The van der Waals surface area contributed by atoms with E-state index in [2.05, 4.69) is 35.7 Å². The lowest BCUT2D eigenvalue weighted by Gasteiger charge is -2.19. The van der Waals surface area contributed by atoms with Gasteiger partial charge in [-0.15, -0.1) is 0 Å². The van der Waals surface area contributed by atoms with E-state index in [1.165, 1.54) is 0 Å². The summed E-state index contributed by atoms with van der Waals surface area (Å²) >= 11 is 0. The first-order valence-corrected chi connectivity index (χ1v) is 5.15. The zero-order chi connectivity index (χ0) is 10.6. The van der Waals surface area contributed by atoms with Gasteiger partial charge in [-0.1, -0.05) is 13.8 Å². The molecule has 1 atom stereocenters. The Morgan fingerprint density at radius 2 is 2.29 bits per heavy atom. The van der Waals surface area contributed by atoms with Gasteiger partial charge in [0.25, 0.3) is 0 Å². The van der Waals surface area contributed by atoms with Crippen LogP contribution in [-0.2, 0) is 13.0 Å².